The van der Waals surface area contributed by atoms with Crippen molar-refractivity contribution >= 4 is 5.91 Å². The van der Waals surface area contributed by atoms with Gasteiger partial charge in [0, 0.05) is 27.0 Å². The van der Waals surface area contributed by atoms with Crippen molar-refractivity contribution in [1.82, 2.24) is 5.32 Å². The molecular formula is C9H17NO4. The fourth-order valence-corrected chi connectivity index (χ4v) is 1.45. The number of methoxy groups -OCH3 is 1. The molecular weight excluding hydrogens is 186 g/mol. The van der Waals surface area contributed by atoms with Crippen molar-refractivity contribution in [1.29, 1.82) is 0 Å². The summed E-state index contributed by atoms with van der Waals surface area (Å²) in [4.78, 5) is 10.7. The van der Waals surface area contributed by atoms with Gasteiger partial charge in [-0.15, -0.1) is 0 Å². The van der Waals surface area contributed by atoms with Crippen molar-refractivity contribution in [2.75, 3.05) is 13.7 Å². The number of rotatable bonds is 3. The molecule has 0 bridgehead atoms. The molecule has 0 aromatic rings. The quantitative estimate of drug-likeness (QED) is 0.657. The Labute approximate surface area is 83.4 Å². The van der Waals surface area contributed by atoms with Crippen LogP contribution in [0.25, 0.3) is 0 Å². The molecule has 1 amide bonds. The Morgan fingerprint density at radius 2 is 2.36 bits per heavy atom. The lowest BCUT2D eigenvalue weighted by Crippen LogP contribution is -2.46. The van der Waals surface area contributed by atoms with E-state index in [1.54, 1.807) is 7.11 Å². The number of nitrogens with one attached hydrogen (secondary N) is 1. The Morgan fingerprint density at radius 1 is 1.64 bits per heavy atom. The molecule has 1 heterocycles. The number of aliphatic hydroxyl groups is 1. The third-order valence-electron chi connectivity index (χ3n) is 2.27. The molecule has 1 aliphatic heterocycles. The van der Waals surface area contributed by atoms with Gasteiger partial charge in [-0.2, -0.15) is 0 Å². The summed E-state index contributed by atoms with van der Waals surface area (Å²) in [7, 11) is 1.57. The predicted octanol–water partition coefficient (Wildman–Crippen LogP) is -0.365. The lowest BCUT2D eigenvalue weighted by atomic mass is 10.0. The molecule has 0 aliphatic carbocycles. The summed E-state index contributed by atoms with van der Waals surface area (Å²) in [6, 6.07) is 0. The van der Waals surface area contributed by atoms with Gasteiger partial charge in [-0.05, 0) is 6.42 Å². The number of hydrogen-bond donors (Lipinski definition) is 2. The van der Waals surface area contributed by atoms with Gasteiger partial charge in [-0.25, -0.2) is 0 Å². The van der Waals surface area contributed by atoms with Gasteiger partial charge in [0.15, 0.2) is 6.29 Å². The zero-order chi connectivity index (χ0) is 10.6. The van der Waals surface area contributed by atoms with Gasteiger partial charge < -0.3 is 19.9 Å². The molecule has 3 atom stereocenters. The molecule has 0 radical (unpaired) electrons. The van der Waals surface area contributed by atoms with Crippen molar-refractivity contribution in [2.45, 2.75) is 38.3 Å². The van der Waals surface area contributed by atoms with E-state index in [9.17, 15) is 9.90 Å². The van der Waals surface area contributed by atoms with Gasteiger partial charge in [-0.1, -0.05) is 0 Å². The molecule has 0 aromatic heterocycles. The maximum atomic E-state index is 10.7. The van der Waals surface area contributed by atoms with Crippen molar-refractivity contribution in [3.8, 4) is 0 Å². The number of hydrogen-bond acceptors (Lipinski definition) is 4. The number of carbonyl (C=O) groups is 1. The summed E-state index contributed by atoms with van der Waals surface area (Å²) in [6.07, 6.45) is 0.180. The standard InChI is InChI=1S/C9H17NO4/c1-6(11)10-5-8-7(12)3-4-9(13-2)14-8/h7-9,12H,3-5H2,1-2H3,(H,10,11)/t7-,8+,9+/m0/s1. The van der Waals surface area contributed by atoms with Crippen molar-refractivity contribution in [3.63, 3.8) is 0 Å². The second kappa shape index (κ2) is 5.29. The van der Waals surface area contributed by atoms with Crippen LogP contribution in [0.1, 0.15) is 19.8 Å². The van der Waals surface area contributed by atoms with Crippen LogP contribution in [0.15, 0.2) is 0 Å². The van der Waals surface area contributed by atoms with Crippen LogP contribution in [-0.4, -0.2) is 43.2 Å². The predicted molar refractivity (Wildman–Crippen MR) is 49.6 cm³/mol. The van der Waals surface area contributed by atoms with E-state index in [2.05, 4.69) is 5.32 Å². The van der Waals surface area contributed by atoms with Crippen LogP contribution in [0.3, 0.4) is 0 Å². The van der Waals surface area contributed by atoms with Crippen molar-refractivity contribution in [2.24, 2.45) is 0 Å². The molecule has 82 valence electrons. The molecule has 5 heteroatoms. The minimum absolute atomic E-state index is 0.125. The molecule has 0 unspecified atom stereocenters. The largest absolute Gasteiger partial charge is 0.390 e. The summed E-state index contributed by atoms with van der Waals surface area (Å²) in [6.45, 7) is 1.76. The topological polar surface area (TPSA) is 67.8 Å². The van der Waals surface area contributed by atoms with Gasteiger partial charge in [0.2, 0.25) is 5.91 Å². The van der Waals surface area contributed by atoms with Crippen LogP contribution < -0.4 is 5.32 Å². The molecule has 14 heavy (non-hydrogen) atoms. The highest BCUT2D eigenvalue weighted by Crippen LogP contribution is 2.19. The van der Waals surface area contributed by atoms with E-state index < -0.39 is 6.10 Å². The molecule has 1 saturated heterocycles. The summed E-state index contributed by atoms with van der Waals surface area (Å²) < 4.78 is 10.4. The molecule has 2 N–H and O–H groups in total. The van der Waals surface area contributed by atoms with Crippen LogP contribution in [0.2, 0.25) is 0 Å². The minimum Gasteiger partial charge on any atom is -0.390 e. The van der Waals surface area contributed by atoms with E-state index in [4.69, 9.17) is 9.47 Å². The Hall–Kier alpha value is -0.650. The molecule has 0 spiro atoms. The number of amides is 1. The molecule has 5 nitrogen and oxygen atoms in total. The fourth-order valence-electron chi connectivity index (χ4n) is 1.45. The Kier molecular flexibility index (Phi) is 4.31. The first-order valence-electron chi connectivity index (χ1n) is 4.74. The van der Waals surface area contributed by atoms with Crippen molar-refractivity contribution in [3.05, 3.63) is 0 Å². The average molecular weight is 203 g/mol. The van der Waals surface area contributed by atoms with Gasteiger partial charge in [0.1, 0.15) is 6.10 Å². The van der Waals surface area contributed by atoms with E-state index >= 15 is 0 Å². The molecule has 0 aromatic carbocycles. The van der Waals surface area contributed by atoms with Gasteiger partial charge in [0.25, 0.3) is 0 Å². The fraction of sp³-hybridized carbons (Fsp3) is 0.889. The summed E-state index contributed by atoms with van der Waals surface area (Å²) >= 11 is 0. The van der Waals surface area contributed by atoms with E-state index in [1.807, 2.05) is 0 Å². The summed E-state index contributed by atoms with van der Waals surface area (Å²) in [5.74, 6) is -0.125. The first-order valence-corrected chi connectivity index (χ1v) is 4.74. The van der Waals surface area contributed by atoms with Crippen LogP contribution in [0.5, 0.6) is 0 Å². The van der Waals surface area contributed by atoms with Gasteiger partial charge in [0.05, 0.1) is 6.10 Å². The van der Waals surface area contributed by atoms with E-state index in [0.717, 1.165) is 0 Å². The van der Waals surface area contributed by atoms with E-state index in [1.165, 1.54) is 6.92 Å². The van der Waals surface area contributed by atoms with Crippen LogP contribution in [0, 0.1) is 0 Å². The highest BCUT2D eigenvalue weighted by atomic mass is 16.7. The Morgan fingerprint density at radius 3 is 2.93 bits per heavy atom. The minimum atomic E-state index is -0.520. The highest BCUT2D eigenvalue weighted by molar-refractivity contribution is 5.72. The zero-order valence-corrected chi connectivity index (χ0v) is 8.53. The zero-order valence-electron chi connectivity index (χ0n) is 8.53. The number of ether oxygens (including phenoxy) is 2. The van der Waals surface area contributed by atoms with E-state index in [0.29, 0.717) is 19.4 Å². The molecule has 1 aliphatic rings. The molecule has 1 rings (SSSR count). The Balaban J connectivity index is 2.36. The average Bonchev–Trinajstić information content (AvgIpc) is 2.16. The lowest BCUT2D eigenvalue weighted by Gasteiger charge is -2.32. The maximum Gasteiger partial charge on any atom is 0.216 e. The first kappa shape index (κ1) is 11.4. The van der Waals surface area contributed by atoms with Crippen LogP contribution in [0.4, 0.5) is 0 Å². The monoisotopic (exact) mass is 203 g/mol. The Bertz CT molecular complexity index is 197. The number of carbonyl (C=O) groups excluding carboxylic acids is 1. The molecule has 1 fully saturated rings. The number of aliphatic hydroxyl groups excluding tert-OH is 1. The third kappa shape index (κ3) is 3.25. The van der Waals surface area contributed by atoms with Crippen LogP contribution in [-0.2, 0) is 14.3 Å². The SMILES string of the molecule is CO[C@H]1CC[C@H](O)[C@@H](CNC(C)=O)O1. The molecule has 0 saturated carbocycles. The smallest absolute Gasteiger partial charge is 0.216 e. The van der Waals surface area contributed by atoms with Crippen molar-refractivity contribution < 1.29 is 19.4 Å². The lowest BCUT2D eigenvalue weighted by molar-refractivity contribution is -0.209. The van der Waals surface area contributed by atoms with Gasteiger partial charge >= 0.3 is 0 Å². The third-order valence-corrected chi connectivity index (χ3v) is 2.27. The highest BCUT2D eigenvalue weighted by Gasteiger charge is 2.29. The van der Waals surface area contributed by atoms with Gasteiger partial charge in [-0.3, -0.25) is 4.79 Å². The van der Waals surface area contributed by atoms with Crippen LogP contribution >= 0.6 is 0 Å². The second-order valence-electron chi connectivity index (χ2n) is 3.42. The summed E-state index contributed by atoms with van der Waals surface area (Å²) in [5.41, 5.74) is 0. The maximum absolute atomic E-state index is 10.7. The first-order chi connectivity index (χ1) is 6.63. The second-order valence-corrected chi connectivity index (χ2v) is 3.42. The van der Waals surface area contributed by atoms with E-state index in [-0.39, 0.29) is 18.3 Å². The normalized spacial score (nSPS) is 32.6. The summed E-state index contributed by atoms with van der Waals surface area (Å²) in [5, 5.41) is 12.2.